The maximum absolute atomic E-state index is 12.1. The fourth-order valence-corrected chi connectivity index (χ4v) is 2.46. The summed E-state index contributed by atoms with van der Waals surface area (Å²) in [6.45, 7) is 2.90. The highest BCUT2D eigenvalue weighted by Crippen LogP contribution is 2.18. The lowest BCUT2D eigenvalue weighted by molar-refractivity contribution is -0.124. The Bertz CT molecular complexity index is 811. The van der Waals surface area contributed by atoms with E-state index in [9.17, 15) is 4.79 Å². The highest BCUT2D eigenvalue weighted by Gasteiger charge is 2.13. The second-order valence-electron chi connectivity index (χ2n) is 5.63. The number of hydrogen-bond donors (Lipinski definition) is 2. The van der Waals surface area contributed by atoms with Crippen molar-refractivity contribution >= 4 is 16.9 Å². The molecule has 0 fully saturated rings. The molecule has 0 bridgehead atoms. The molecule has 3 aromatic rings. The van der Waals surface area contributed by atoms with Crippen LogP contribution >= 0.6 is 0 Å². The summed E-state index contributed by atoms with van der Waals surface area (Å²) in [5.74, 6) is 1.44. The van der Waals surface area contributed by atoms with Gasteiger partial charge in [0.15, 0.2) is 0 Å². The van der Waals surface area contributed by atoms with Gasteiger partial charge in [0.05, 0.1) is 30.6 Å². The number of H-pyrrole nitrogens is 1. The van der Waals surface area contributed by atoms with E-state index < -0.39 is 0 Å². The maximum Gasteiger partial charge on any atom is 0.224 e. The zero-order valence-corrected chi connectivity index (χ0v) is 13.7. The molecule has 3 rings (SSSR count). The first kappa shape index (κ1) is 16.0. The second kappa shape index (κ2) is 7.12. The van der Waals surface area contributed by atoms with E-state index in [0.29, 0.717) is 19.5 Å². The van der Waals surface area contributed by atoms with Crippen molar-refractivity contribution in [1.29, 1.82) is 0 Å². The molecule has 0 aliphatic rings. The van der Waals surface area contributed by atoms with Crippen LogP contribution in [0.3, 0.4) is 0 Å². The van der Waals surface area contributed by atoms with Crippen molar-refractivity contribution in [3.63, 3.8) is 0 Å². The Hall–Kier alpha value is -2.90. The number of rotatable bonds is 7. The number of hydrogen-bond acceptors (Lipinski definition) is 5. The average molecular weight is 328 g/mol. The van der Waals surface area contributed by atoms with Gasteiger partial charge < -0.3 is 15.0 Å². The van der Waals surface area contributed by atoms with Crippen LogP contribution in [0.4, 0.5) is 0 Å². The Morgan fingerprint density at radius 1 is 1.46 bits per heavy atom. The van der Waals surface area contributed by atoms with Gasteiger partial charge in [0.1, 0.15) is 24.2 Å². The number of ether oxygens (including phenoxy) is 1. The largest absolute Gasteiger partial charge is 0.497 e. The minimum absolute atomic E-state index is 0.0109. The molecule has 0 saturated carbocycles. The molecule has 0 radical (unpaired) electrons. The van der Waals surface area contributed by atoms with Crippen molar-refractivity contribution in [3.05, 3.63) is 36.7 Å². The quantitative estimate of drug-likeness (QED) is 0.678. The Morgan fingerprint density at radius 3 is 3.08 bits per heavy atom. The average Bonchev–Trinajstić information content (AvgIpc) is 3.22. The number of amides is 1. The third-order valence-corrected chi connectivity index (χ3v) is 3.77. The molecule has 0 saturated heterocycles. The first-order valence-electron chi connectivity index (χ1n) is 7.78. The van der Waals surface area contributed by atoms with Gasteiger partial charge in [-0.1, -0.05) is 6.92 Å². The van der Waals surface area contributed by atoms with Crippen LogP contribution in [0.2, 0.25) is 0 Å². The molecular weight excluding hydrogens is 308 g/mol. The molecule has 0 aliphatic carbocycles. The Labute approximate surface area is 139 Å². The number of aromatic amines is 1. The Balaban J connectivity index is 1.51. The third-order valence-electron chi connectivity index (χ3n) is 3.77. The lowest BCUT2D eigenvalue weighted by Crippen LogP contribution is -2.33. The minimum atomic E-state index is -0.174. The molecule has 2 N–H and O–H groups in total. The molecule has 126 valence electrons. The van der Waals surface area contributed by atoms with Gasteiger partial charge in [0.2, 0.25) is 5.91 Å². The second-order valence-corrected chi connectivity index (χ2v) is 5.63. The van der Waals surface area contributed by atoms with Crippen LogP contribution in [-0.2, 0) is 17.8 Å². The molecular formula is C16H20N6O2. The van der Waals surface area contributed by atoms with Crippen molar-refractivity contribution in [3.8, 4) is 5.75 Å². The lowest BCUT2D eigenvalue weighted by Gasteiger charge is -2.11. The zero-order valence-electron chi connectivity index (χ0n) is 13.7. The van der Waals surface area contributed by atoms with Crippen LogP contribution in [0.5, 0.6) is 5.75 Å². The third kappa shape index (κ3) is 3.70. The summed E-state index contributed by atoms with van der Waals surface area (Å²) in [6, 6.07) is 5.69. The Morgan fingerprint density at radius 2 is 2.33 bits per heavy atom. The fourth-order valence-electron chi connectivity index (χ4n) is 2.46. The normalized spacial score (nSPS) is 12.2. The summed E-state index contributed by atoms with van der Waals surface area (Å²) in [4.78, 5) is 23.7. The Kier molecular flexibility index (Phi) is 4.74. The predicted octanol–water partition coefficient (Wildman–Crippen LogP) is 1.16. The number of methoxy groups -OCH3 is 1. The van der Waals surface area contributed by atoms with Gasteiger partial charge in [0.25, 0.3) is 0 Å². The minimum Gasteiger partial charge on any atom is -0.497 e. The van der Waals surface area contributed by atoms with Crippen molar-refractivity contribution in [2.24, 2.45) is 5.92 Å². The van der Waals surface area contributed by atoms with Crippen LogP contribution in [0, 0.1) is 5.92 Å². The van der Waals surface area contributed by atoms with E-state index in [0.717, 1.165) is 22.6 Å². The number of nitrogens with zero attached hydrogens (tertiary/aromatic N) is 4. The topological polar surface area (TPSA) is 97.7 Å². The van der Waals surface area contributed by atoms with Crippen LogP contribution in [-0.4, -0.2) is 44.3 Å². The van der Waals surface area contributed by atoms with E-state index >= 15 is 0 Å². The summed E-state index contributed by atoms with van der Waals surface area (Å²) in [5, 5.41) is 6.93. The molecule has 8 heteroatoms. The van der Waals surface area contributed by atoms with Gasteiger partial charge in [-0.05, 0) is 12.1 Å². The van der Waals surface area contributed by atoms with Crippen molar-refractivity contribution in [1.82, 2.24) is 30.0 Å². The van der Waals surface area contributed by atoms with Gasteiger partial charge >= 0.3 is 0 Å². The molecule has 0 spiro atoms. The van der Waals surface area contributed by atoms with Crippen LogP contribution in [0.1, 0.15) is 12.7 Å². The van der Waals surface area contributed by atoms with Gasteiger partial charge in [-0.15, -0.1) is 0 Å². The summed E-state index contributed by atoms with van der Waals surface area (Å²) in [5.41, 5.74) is 1.81. The van der Waals surface area contributed by atoms with E-state index in [1.165, 1.54) is 6.33 Å². The van der Waals surface area contributed by atoms with Crippen molar-refractivity contribution in [2.45, 2.75) is 19.9 Å². The number of benzene rings is 1. The van der Waals surface area contributed by atoms with Gasteiger partial charge in [0, 0.05) is 19.0 Å². The fraction of sp³-hybridized carbons (Fsp3) is 0.375. The summed E-state index contributed by atoms with van der Waals surface area (Å²) in [7, 11) is 1.63. The number of nitrogens with one attached hydrogen (secondary N) is 2. The van der Waals surface area contributed by atoms with E-state index in [1.807, 2.05) is 25.1 Å². The summed E-state index contributed by atoms with van der Waals surface area (Å²) >= 11 is 0. The molecule has 1 atom stereocenters. The lowest BCUT2D eigenvalue weighted by atomic mass is 10.1. The molecule has 0 aliphatic heterocycles. The number of imidazole rings is 1. The zero-order chi connectivity index (χ0) is 16.9. The molecule has 2 aromatic heterocycles. The number of aromatic nitrogens is 5. The van der Waals surface area contributed by atoms with E-state index in [4.69, 9.17) is 4.74 Å². The number of fused-ring (bicyclic) bond motifs is 1. The predicted molar refractivity (Wildman–Crippen MR) is 88.5 cm³/mol. The smallest absolute Gasteiger partial charge is 0.224 e. The van der Waals surface area contributed by atoms with E-state index in [2.05, 4.69) is 25.4 Å². The standard InChI is InChI=1S/C16H20N6O2/c1-11(8-22-10-17-9-19-22)16(23)18-6-5-15-20-13-4-3-12(24-2)7-14(13)21-15/h3-4,7,9-11H,5-6,8H2,1-2H3,(H,18,23)(H,20,21)/t11-/m0/s1. The molecule has 2 heterocycles. The summed E-state index contributed by atoms with van der Waals surface area (Å²) < 4.78 is 6.85. The van der Waals surface area contributed by atoms with E-state index in [1.54, 1.807) is 18.1 Å². The molecule has 0 unspecified atom stereocenters. The van der Waals surface area contributed by atoms with E-state index in [-0.39, 0.29) is 11.8 Å². The van der Waals surface area contributed by atoms with Crippen molar-refractivity contribution < 1.29 is 9.53 Å². The molecule has 1 amide bonds. The van der Waals surface area contributed by atoms with Crippen LogP contribution in [0.25, 0.3) is 11.0 Å². The van der Waals surface area contributed by atoms with Gasteiger partial charge in [-0.25, -0.2) is 9.97 Å². The first-order valence-corrected chi connectivity index (χ1v) is 7.78. The number of carbonyl (C=O) groups is 1. The van der Waals surface area contributed by atoms with Crippen molar-refractivity contribution in [2.75, 3.05) is 13.7 Å². The highest BCUT2D eigenvalue weighted by molar-refractivity contribution is 5.78. The highest BCUT2D eigenvalue weighted by atomic mass is 16.5. The van der Waals surface area contributed by atoms with Gasteiger partial charge in [-0.2, -0.15) is 5.10 Å². The molecule has 24 heavy (non-hydrogen) atoms. The molecule has 8 nitrogen and oxygen atoms in total. The van der Waals surface area contributed by atoms with Gasteiger partial charge in [-0.3, -0.25) is 9.48 Å². The SMILES string of the molecule is COc1ccc2nc(CCNC(=O)[C@@H](C)Cn3cncn3)[nH]c2c1. The van der Waals surface area contributed by atoms with Crippen LogP contribution in [0.15, 0.2) is 30.9 Å². The van der Waals surface area contributed by atoms with Crippen LogP contribution < -0.4 is 10.1 Å². The monoisotopic (exact) mass is 328 g/mol. The summed E-state index contributed by atoms with van der Waals surface area (Å²) in [6.07, 6.45) is 3.70. The maximum atomic E-state index is 12.1. The molecule has 1 aromatic carbocycles. The first-order chi connectivity index (χ1) is 11.7. The number of carbonyl (C=O) groups excluding carboxylic acids is 1.